The van der Waals surface area contributed by atoms with E-state index in [1.165, 1.54) is 4.52 Å². The van der Waals surface area contributed by atoms with Gasteiger partial charge in [0.15, 0.2) is 5.65 Å². The molecule has 1 amide bonds. The SMILES string of the molecule is CC(C)(C)c1cc(CNC(=O)c2ccc3nnnn3c2)[nH]n1. The molecule has 2 N–H and O–H groups in total. The number of H-pyrrole nitrogens is 1. The van der Waals surface area contributed by atoms with Crippen LogP contribution in [0, 0.1) is 0 Å². The molecule has 3 heterocycles. The molecule has 0 fully saturated rings. The van der Waals surface area contributed by atoms with Crippen LogP contribution in [-0.2, 0) is 12.0 Å². The number of amides is 1. The minimum Gasteiger partial charge on any atom is -0.346 e. The van der Waals surface area contributed by atoms with Gasteiger partial charge in [0.2, 0.25) is 0 Å². The quantitative estimate of drug-likeness (QED) is 0.753. The van der Waals surface area contributed by atoms with Crippen LogP contribution in [0.2, 0.25) is 0 Å². The van der Waals surface area contributed by atoms with Crippen molar-refractivity contribution in [2.24, 2.45) is 0 Å². The molecule has 0 unspecified atom stereocenters. The van der Waals surface area contributed by atoms with Crippen molar-refractivity contribution in [1.29, 1.82) is 0 Å². The van der Waals surface area contributed by atoms with Crippen molar-refractivity contribution >= 4 is 11.6 Å². The van der Waals surface area contributed by atoms with Crippen molar-refractivity contribution in [3.05, 3.63) is 41.3 Å². The first kappa shape index (κ1) is 14.2. The predicted octanol–water partition coefficient (Wildman–Crippen LogP) is 1.07. The molecule has 0 aromatic carbocycles. The Bertz CT molecular complexity index is 812. The highest BCUT2D eigenvalue weighted by Gasteiger charge is 2.17. The van der Waals surface area contributed by atoms with E-state index in [-0.39, 0.29) is 11.3 Å². The van der Waals surface area contributed by atoms with E-state index < -0.39 is 0 Å². The lowest BCUT2D eigenvalue weighted by Gasteiger charge is -2.13. The van der Waals surface area contributed by atoms with Crippen molar-refractivity contribution < 1.29 is 4.79 Å². The molecule has 114 valence electrons. The number of nitrogens with one attached hydrogen (secondary N) is 2. The fraction of sp³-hybridized carbons (Fsp3) is 0.357. The van der Waals surface area contributed by atoms with Crippen LogP contribution < -0.4 is 5.32 Å². The third kappa shape index (κ3) is 2.80. The van der Waals surface area contributed by atoms with Gasteiger partial charge in [-0.15, -0.1) is 5.10 Å². The van der Waals surface area contributed by atoms with E-state index in [9.17, 15) is 4.79 Å². The van der Waals surface area contributed by atoms with Gasteiger partial charge in [0.25, 0.3) is 5.91 Å². The normalized spacial score (nSPS) is 11.8. The molecule has 22 heavy (non-hydrogen) atoms. The molecule has 0 aliphatic carbocycles. The number of aromatic nitrogens is 6. The first-order chi connectivity index (χ1) is 10.4. The van der Waals surface area contributed by atoms with Crippen LogP contribution in [0.3, 0.4) is 0 Å². The number of aromatic amines is 1. The molecule has 8 nitrogen and oxygen atoms in total. The second-order valence-corrected chi connectivity index (χ2v) is 6.11. The van der Waals surface area contributed by atoms with Gasteiger partial charge in [-0.1, -0.05) is 20.8 Å². The topological polar surface area (TPSA) is 101 Å². The highest BCUT2D eigenvalue weighted by atomic mass is 16.1. The third-order valence-corrected chi connectivity index (χ3v) is 3.29. The number of pyridine rings is 1. The average Bonchev–Trinajstić information content (AvgIpc) is 3.12. The summed E-state index contributed by atoms with van der Waals surface area (Å²) in [6, 6.07) is 5.35. The van der Waals surface area contributed by atoms with Crippen LogP contribution >= 0.6 is 0 Å². The number of rotatable bonds is 3. The second kappa shape index (κ2) is 5.21. The summed E-state index contributed by atoms with van der Waals surface area (Å²) in [6.07, 6.45) is 1.60. The van der Waals surface area contributed by atoms with Crippen LogP contribution in [0.4, 0.5) is 0 Å². The number of nitrogens with zero attached hydrogens (tertiary/aromatic N) is 5. The molecule has 8 heteroatoms. The minimum atomic E-state index is -0.190. The van der Waals surface area contributed by atoms with Gasteiger partial charge >= 0.3 is 0 Å². The number of hydrogen-bond donors (Lipinski definition) is 2. The Morgan fingerprint density at radius 1 is 1.36 bits per heavy atom. The maximum Gasteiger partial charge on any atom is 0.253 e. The summed E-state index contributed by atoms with van der Waals surface area (Å²) in [5.74, 6) is -0.190. The van der Waals surface area contributed by atoms with Crippen LogP contribution in [0.25, 0.3) is 5.65 Å². The summed E-state index contributed by atoms with van der Waals surface area (Å²) in [7, 11) is 0. The Hall–Kier alpha value is -2.77. The summed E-state index contributed by atoms with van der Waals surface area (Å²) < 4.78 is 1.46. The lowest BCUT2D eigenvalue weighted by atomic mass is 9.92. The molecule has 3 aromatic heterocycles. The molecule has 0 radical (unpaired) electrons. The average molecular weight is 299 g/mol. The van der Waals surface area contributed by atoms with Crippen molar-refractivity contribution in [2.75, 3.05) is 0 Å². The molecular formula is C14H17N7O. The molecule has 0 aliphatic heterocycles. The molecule has 0 spiro atoms. The minimum absolute atomic E-state index is 0.0239. The highest BCUT2D eigenvalue weighted by molar-refractivity contribution is 5.94. The lowest BCUT2D eigenvalue weighted by Crippen LogP contribution is -2.23. The molecular weight excluding hydrogens is 282 g/mol. The van der Waals surface area contributed by atoms with Gasteiger partial charge in [0.05, 0.1) is 23.5 Å². The van der Waals surface area contributed by atoms with Crippen molar-refractivity contribution in [3.8, 4) is 0 Å². The number of hydrogen-bond acceptors (Lipinski definition) is 5. The van der Waals surface area contributed by atoms with Gasteiger partial charge in [0, 0.05) is 11.6 Å². The molecule has 0 saturated carbocycles. The fourth-order valence-electron chi connectivity index (χ4n) is 1.99. The van der Waals surface area contributed by atoms with Gasteiger partial charge in [-0.25, -0.2) is 0 Å². The fourth-order valence-corrected chi connectivity index (χ4v) is 1.99. The second-order valence-electron chi connectivity index (χ2n) is 6.11. The zero-order valence-corrected chi connectivity index (χ0v) is 12.7. The van der Waals surface area contributed by atoms with Gasteiger partial charge in [0.1, 0.15) is 0 Å². The van der Waals surface area contributed by atoms with E-state index in [0.717, 1.165) is 11.4 Å². The summed E-state index contributed by atoms with van der Waals surface area (Å²) >= 11 is 0. The van der Waals surface area contributed by atoms with E-state index in [4.69, 9.17) is 0 Å². The molecule has 3 rings (SSSR count). The van der Waals surface area contributed by atoms with Crippen molar-refractivity contribution in [1.82, 2.24) is 35.6 Å². The molecule has 0 saturated heterocycles. The summed E-state index contributed by atoms with van der Waals surface area (Å²) in [4.78, 5) is 12.2. The van der Waals surface area contributed by atoms with E-state index in [1.54, 1.807) is 18.3 Å². The van der Waals surface area contributed by atoms with Crippen molar-refractivity contribution in [2.45, 2.75) is 32.7 Å². The lowest BCUT2D eigenvalue weighted by molar-refractivity contribution is 0.0950. The first-order valence-electron chi connectivity index (χ1n) is 6.94. The number of fused-ring (bicyclic) bond motifs is 1. The van der Waals surface area contributed by atoms with Crippen LogP contribution in [0.5, 0.6) is 0 Å². The maximum absolute atomic E-state index is 12.2. The zero-order valence-electron chi connectivity index (χ0n) is 12.7. The Labute approximate surface area is 126 Å². The van der Waals surface area contributed by atoms with Crippen LogP contribution in [0.15, 0.2) is 24.4 Å². The Balaban J connectivity index is 1.68. The smallest absolute Gasteiger partial charge is 0.253 e. The largest absolute Gasteiger partial charge is 0.346 e. The molecule has 3 aromatic rings. The molecule has 0 atom stereocenters. The van der Waals surface area contributed by atoms with Gasteiger partial charge in [-0.05, 0) is 28.6 Å². The zero-order chi connectivity index (χ0) is 15.7. The summed E-state index contributed by atoms with van der Waals surface area (Å²) in [5.41, 5.74) is 2.90. The third-order valence-electron chi connectivity index (χ3n) is 3.29. The van der Waals surface area contributed by atoms with Gasteiger partial charge < -0.3 is 5.32 Å². The van der Waals surface area contributed by atoms with Crippen LogP contribution in [-0.4, -0.2) is 36.1 Å². The molecule has 0 bridgehead atoms. The van der Waals surface area contributed by atoms with Gasteiger partial charge in [-0.3, -0.25) is 9.89 Å². The van der Waals surface area contributed by atoms with E-state index >= 15 is 0 Å². The summed E-state index contributed by atoms with van der Waals surface area (Å²) in [5, 5.41) is 21.2. The Kier molecular flexibility index (Phi) is 3.36. The number of tetrazole rings is 1. The first-order valence-corrected chi connectivity index (χ1v) is 6.94. The standard InChI is InChI=1S/C14H17N7O/c1-14(2,3)11-6-10(16-17-11)7-15-13(22)9-4-5-12-18-19-20-21(12)8-9/h4-6,8H,7H2,1-3H3,(H,15,22)(H,16,17). The van der Waals surface area contributed by atoms with Gasteiger partial charge in [-0.2, -0.15) is 9.61 Å². The highest BCUT2D eigenvalue weighted by Crippen LogP contribution is 2.20. The monoisotopic (exact) mass is 299 g/mol. The van der Waals surface area contributed by atoms with E-state index in [0.29, 0.717) is 17.8 Å². The number of carbonyl (C=O) groups is 1. The number of carbonyl (C=O) groups excluding carboxylic acids is 1. The Morgan fingerprint density at radius 3 is 2.91 bits per heavy atom. The maximum atomic E-state index is 12.2. The van der Waals surface area contributed by atoms with Crippen molar-refractivity contribution in [3.63, 3.8) is 0 Å². The molecule has 0 aliphatic rings. The van der Waals surface area contributed by atoms with E-state index in [2.05, 4.69) is 51.8 Å². The van der Waals surface area contributed by atoms with Crippen LogP contribution in [0.1, 0.15) is 42.5 Å². The Morgan fingerprint density at radius 2 is 2.18 bits per heavy atom. The summed E-state index contributed by atoms with van der Waals surface area (Å²) in [6.45, 7) is 6.66. The predicted molar refractivity (Wildman–Crippen MR) is 79.2 cm³/mol. The van der Waals surface area contributed by atoms with E-state index in [1.807, 2.05) is 6.07 Å².